The van der Waals surface area contributed by atoms with Crippen LogP contribution in [0.25, 0.3) is 0 Å². The highest BCUT2D eigenvalue weighted by Gasteiger charge is 2.23. The van der Waals surface area contributed by atoms with Gasteiger partial charge in [-0.3, -0.25) is 19.2 Å². The maximum Gasteiger partial charge on any atom is 0.310 e. The van der Waals surface area contributed by atoms with Gasteiger partial charge in [-0.2, -0.15) is 0 Å². The second-order valence-electron chi connectivity index (χ2n) is 10.0. The summed E-state index contributed by atoms with van der Waals surface area (Å²) in [4.78, 5) is 46.4. The van der Waals surface area contributed by atoms with Crippen LogP contribution in [0.15, 0.2) is 0 Å². The van der Waals surface area contributed by atoms with E-state index in [1.165, 1.54) is 78.6 Å². The Kier molecular flexibility index (Phi) is 22.6. The molecule has 38 heavy (non-hydrogen) atoms. The number of aliphatic hydroxyl groups excluding tert-OH is 1. The maximum atomic E-state index is 12.3. The van der Waals surface area contributed by atoms with Gasteiger partial charge in [0.05, 0.1) is 13.0 Å². The Bertz CT molecular complexity index is 650. The summed E-state index contributed by atoms with van der Waals surface area (Å²) in [6.07, 6.45) is 14.1. The predicted octanol–water partition coefficient (Wildman–Crippen LogP) is 5.58. The van der Waals surface area contributed by atoms with Crippen LogP contribution < -0.4 is 0 Å². The highest BCUT2D eigenvalue weighted by Crippen LogP contribution is 2.19. The van der Waals surface area contributed by atoms with E-state index in [1.54, 1.807) is 0 Å². The minimum Gasteiger partial charge on any atom is -0.463 e. The van der Waals surface area contributed by atoms with E-state index in [1.807, 2.05) is 0 Å². The predicted molar refractivity (Wildman–Crippen MR) is 144 cm³/mol. The van der Waals surface area contributed by atoms with Crippen LogP contribution in [0.5, 0.6) is 0 Å². The number of hydrogen-bond acceptors (Lipinski definition) is 9. The number of ether oxygens (including phenoxy) is 4. The van der Waals surface area contributed by atoms with E-state index in [2.05, 4.69) is 6.92 Å². The number of rotatable bonds is 24. The maximum absolute atomic E-state index is 12.3. The summed E-state index contributed by atoms with van der Waals surface area (Å²) in [5.74, 6) is -2.14. The molecule has 0 saturated carbocycles. The first-order chi connectivity index (χ1) is 18.2. The normalized spacial score (nSPS) is 13.3. The van der Waals surface area contributed by atoms with Crippen LogP contribution in [0, 0.1) is 0 Å². The Hall–Kier alpha value is -2.16. The second kappa shape index (κ2) is 23.9. The summed E-state index contributed by atoms with van der Waals surface area (Å²) in [5.41, 5.74) is 0. The topological polar surface area (TPSA) is 125 Å². The first kappa shape index (κ1) is 35.8. The Labute approximate surface area is 229 Å². The van der Waals surface area contributed by atoms with E-state index in [0.29, 0.717) is 19.3 Å². The fraction of sp³-hybridized carbons (Fsp3) is 0.862. The zero-order valence-corrected chi connectivity index (χ0v) is 24.2. The number of aliphatic hydroxyl groups is 1. The molecule has 222 valence electrons. The molecule has 0 unspecified atom stereocenters. The zero-order chi connectivity index (χ0) is 28.6. The number of carbonyl (C=O) groups is 4. The lowest BCUT2D eigenvalue weighted by Crippen LogP contribution is -2.31. The van der Waals surface area contributed by atoms with E-state index in [9.17, 15) is 24.3 Å². The van der Waals surface area contributed by atoms with Crippen LogP contribution in [0.1, 0.15) is 130 Å². The molecular weight excluding hydrogens is 492 g/mol. The molecule has 0 bridgehead atoms. The van der Waals surface area contributed by atoms with Gasteiger partial charge in [0.2, 0.25) is 0 Å². The smallest absolute Gasteiger partial charge is 0.310 e. The number of carbonyl (C=O) groups excluding carboxylic acids is 4. The second-order valence-corrected chi connectivity index (χ2v) is 10.0. The molecule has 3 atom stereocenters. The Balaban J connectivity index is 4.43. The highest BCUT2D eigenvalue weighted by molar-refractivity contribution is 5.71. The van der Waals surface area contributed by atoms with Crippen molar-refractivity contribution in [2.45, 2.75) is 149 Å². The van der Waals surface area contributed by atoms with Gasteiger partial charge in [-0.05, 0) is 25.7 Å². The van der Waals surface area contributed by atoms with Gasteiger partial charge in [0.25, 0.3) is 0 Å². The van der Waals surface area contributed by atoms with Gasteiger partial charge in [0.1, 0.15) is 18.8 Å². The van der Waals surface area contributed by atoms with Crippen LogP contribution in [0.3, 0.4) is 0 Å². The molecule has 0 fully saturated rings. The van der Waals surface area contributed by atoms with Crippen LogP contribution >= 0.6 is 0 Å². The molecule has 0 heterocycles. The average Bonchev–Trinajstić information content (AvgIpc) is 2.84. The molecule has 9 heteroatoms. The summed E-state index contributed by atoms with van der Waals surface area (Å²) in [6, 6.07) is 0. The van der Waals surface area contributed by atoms with Crippen molar-refractivity contribution in [3.8, 4) is 0 Å². The van der Waals surface area contributed by atoms with E-state index < -0.39 is 36.7 Å². The molecule has 0 aromatic carbocycles. The number of esters is 4. The van der Waals surface area contributed by atoms with Crippen molar-refractivity contribution in [3.05, 3.63) is 0 Å². The molecule has 0 spiro atoms. The van der Waals surface area contributed by atoms with Crippen LogP contribution in [0.4, 0.5) is 0 Å². The van der Waals surface area contributed by atoms with Gasteiger partial charge in [-0.1, -0.05) is 77.6 Å². The fourth-order valence-electron chi connectivity index (χ4n) is 4.27. The highest BCUT2D eigenvalue weighted by atomic mass is 16.6. The van der Waals surface area contributed by atoms with Gasteiger partial charge in [-0.25, -0.2) is 0 Å². The van der Waals surface area contributed by atoms with Crippen molar-refractivity contribution >= 4 is 23.9 Å². The van der Waals surface area contributed by atoms with Crippen molar-refractivity contribution in [1.29, 1.82) is 0 Å². The third-order valence-corrected chi connectivity index (χ3v) is 6.22. The van der Waals surface area contributed by atoms with Crippen molar-refractivity contribution < 1.29 is 43.2 Å². The monoisotopic (exact) mass is 544 g/mol. The summed E-state index contributed by atoms with van der Waals surface area (Å²) in [6.45, 7) is 5.30. The van der Waals surface area contributed by atoms with Crippen molar-refractivity contribution in [2.24, 2.45) is 0 Å². The third-order valence-electron chi connectivity index (χ3n) is 6.22. The molecule has 0 aromatic heterocycles. The lowest BCUT2D eigenvalue weighted by atomic mass is 10.0. The Morgan fingerprint density at radius 1 is 0.579 bits per heavy atom. The number of hydrogen-bond donors (Lipinski definition) is 1. The van der Waals surface area contributed by atoms with Gasteiger partial charge < -0.3 is 24.1 Å². The molecule has 9 nitrogen and oxygen atoms in total. The quantitative estimate of drug-likeness (QED) is 0.0941. The van der Waals surface area contributed by atoms with E-state index in [-0.39, 0.29) is 25.1 Å². The summed E-state index contributed by atoms with van der Waals surface area (Å²) < 4.78 is 20.7. The van der Waals surface area contributed by atoms with Gasteiger partial charge in [-0.15, -0.1) is 0 Å². The van der Waals surface area contributed by atoms with Gasteiger partial charge in [0, 0.05) is 20.8 Å². The summed E-state index contributed by atoms with van der Waals surface area (Å²) in [5, 5.41) is 9.34. The standard InChI is InChI=1S/C29H52O9/c1-5-6-7-8-9-10-11-12-13-14-15-16-17-26(36-24(3)32)18-19-27(37-25(4)33)20-29(34)38-28(21-30)22-35-23(2)31/h26-28,30H,5-22H2,1-4H3/t26-,27-,28+/m1/s1. The first-order valence-electron chi connectivity index (χ1n) is 14.5. The lowest BCUT2D eigenvalue weighted by molar-refractivity contribution is -0.165. The van der Waals surface area contributed by atoms with Gasteiger partial charge in [0.15, 0.2) is 6.10 Å². The van der Waals surface area contributed by atoms with E-state index in [0.717, 1.165) is 19.3 Å². The largest absolute Gasteiger partial charge is 0.463 e. The molecular formula is C29H52O9. The molecule has 0 aliphatic carbocycles. The fourth-order valence-corrected chi connectivity index (χ4v) is 4.27. The molecule has 0 rings (SSSR count). The Morgan fingerprint density at radius 2 is 1.05 bits per heavy atom. The van der Waals surface area contributed by atoms with E-state index >= 15 is 0 Å². The van der Waals surface area contributed by atoms with Crippen LogP contribution in [-0.4, -0.2) is 60.5 Å². The molecule has 0 radical (unpaired) electrons. The van der Waals surface area contributed by atoms with Crippen LogP contribution in [0.2, 0.25) is 0 Å². The molecule has 0 aromatic rings. The lowest BCUT2D eigenvalue weighted by Gasteiger charge is -2.22. The van der Waals surface area contributed by atoms with E-state index in [4.69, 9.17) is 18.9 Å². The minimum atomic E-state index is -0.996. The SMILES string of the molecule is CCCCCCCCCCCCCC[C@H](CC[C@H](CC(=O)O[C@@H](CO)COC(C)=O)OC(C)=O)OC(C)=O. The zero-order valence-electron chi connectivity index (χ0n) is 24.2. The van der Waals surface area contributed by atoms with Crippen LogP contribution in [-0.2, 0) is 38.1 Å². The average molecular weight is 545 g/mol. The molecule has 1 N–H and O–H groups in total. The molecule has 0 aliphatic rings. The summed E-state index contributed by atoms with van der Waals surface area (Å²) in [7, 11) is 0. The third kappa shape index (κ3) is 23.0. The molecule has 0 saturated heterocycles. The summed E-state index contributed by atoms with van der Waals surface area (Å²) >= 11 is 0. The number of unbranched alkanes of at least 4 members (excludes halogenated alkanes) is 11. The van der Waals surface area contributed by atoms with Crippen molar-refractivity contribution in [1.82, 2.24) is 0 Å². The molecule has 0 aliphatic heterocycles. The van der Waals surface area contributed by atoms with Crippen molar-refractivity contribution in [2.75, 3.05) is 13.2 Å². The first-order valence-corrected chi connectivity index (χ1v) is 14.5. The molecule has 0 amide bonds. The van der Waals surface area contributed by atoms with Crippen molar-refractivity contribution in [3.63, 3.8) is 0 Å². The Morgan fingerprint density at radius 3 is 1.53 bits per heavy atom. The minimum absolute atomic E-state index is 0.221. The van der Waals surface area contributed by atoms with Gasteiger partial charge >= 0.3 is 23.9 Å².